The van der Waals surface area contributed by atoms with E-state index in [1.54, 1.807) is 0 Å². The van der Waals surface area contributed by atoms with E-state index in [2.05, 4.69) is 5.32 Å². The molecule has 1 aromatic carbocycles. The van der Waals surface area contributed by atoms with Crippen LogP contribution in [0, 0.1) is 6.92 Å². The molecule has 1 aliphatic heterocycles. The summed E-state index contributed by atoms with van der Waals surface area (Å²) in [6.45, 7) is 3.67. The van der Waals surface area contributed by atoms with Crippen LogP contribution in [-0.4, -0.2) is 50.7 Å². The number of rotatable bonds is 8. The third-order valence-corrected chi connectivity index (χ3v) is 5.34. The minimum Gasteiger partial charge on any atom is -0.376 e. The van der Waals surface area contributed by atoms with Gasteiger partial charge in [0.1, 0.15) is 0 Å². The first-order chi connectivity index (χ1) is 11.3. The second kappa shape index (κ2) is 8.60. The molecule has 134 valence electrons. The Morgan fingerprint density at radius 1 is 1.33 bits per heavy atom. The fraction of sp³-hybridized carbons (Fsp3) is 0.588. The van der Waals surface area contributed by atoms with Crippen molar-refractivity contribution in [2.75, 3.05) is 26.0 Å². The third kappa shape index (κ3) is 6.22. The average molecular weight is 354 g/mol. The lowest BCUT2D eigenvalue weighted by Gasteiger charge is -2.20. The number of carbonyl (C=O) groups excluding carboxylic acids is 1. The molecule has 0 saturated carbocycles. The zero-order chi connectivity index (χ0) is 17.6. The summed E-state index contributed by atoms with van der Waals surface area (Å²) in [5, 5.41) is 2.82. The van der Waals surface area contributed by atoms with Crippen LogP contribution in [-0.2, 0) is 26.1 Å². The van der Waals surface area contributed by atoms with Crippen molar-refractivity contribution in [2.24, 2.45) is 0 Å². The molecule has 1 N–H and O–H groups in total. The number of nitrogens with zero attached hydrogens (tertiary/aromatic N) is 1. The summed E-state index contributed by atoms with van der Waals surface area (Å²) >= 11 is 0. The zero-order valence-electron chi connectivity index (χ0n) is 14.3. The SMILES string of the molecule is Cc1ccc(CN(CCC(=O)NCC2CCCO2)S(C)(=O)=O)cc1. The Hall–Kier alpha value is -1.44. The predicted octanol–water partition coefficient (Wildman–Crippen LogP) is 1.44. The maximum Gasteiger partial charge on any atom is 0.221 e. The molecule has 7 heteroatoms. The molecule has 24 heavy (non-hydrogen) atoms. The predicted molar refractivity (Wildman–Crippen MR) is 93.0 cm³/mol. The molecule has 1 saturated heterocycles. The van der Waals surface area contributed by atoms with Gasteiger partial charge in [-0.3, -0.25) is 4.79 Å². The van der Waals surface area contributed by atoms with Crippen molar-refractivity contribution in [3.05, 3.63) is 35.4 Å². The first-order valence-corrected chi connectivity index (χ1v) is 10.1. The maximum absolute atomic E-state index is 12.0. The molecule has 1 heterocycles. The van der Waals surface area contributed by atoms with Gasteiger partial charge >= 0.3 is 0 Å². The largest absolute Gasteiger partial charge is 0.376 e. The highest BCUT2D eigenvalue weighted by molar-refractivity contribution is 7.88. The molecule has 0 radical (unpaired) electrons. The van der Waals surface area contributed by atoms with E-state index < -0.39 is 10.0 Å². The van der Waals surface area contributed by atoms with Crippen molar-refractivity contribution in [2.45, 2.75) is 38.8 Å². The lowest BCUT2D eigenvalue weighted by molar-refractivity contribution is -0.121. The van der Waals surface area contributed by atoms with Gasteiger partial charge < -0.3 is 10.1 Å². The van der Waals surface area contributed by atoms with Crippen LogP contribution in [0.5, 0.6) is 0 Å². The number of benzene rings is 1. The molecule has 1 atom stereocenters. The van der Waals surface area contributed by atoms with Crippen LogP contribution in [0.4, 0.5) is 0 Å². The van der Waals surface area contributed by atoms with Gasteiger partial charge in [-0.25, -0.2) is 8.42 Å². The Morgan fingerprint density at radius 2 is 2.04 bits per heavy atom. The molecule has 1 aliphatic rings. The van der Waals surface area contributed by atoms with Gasteiger partial charge in [-0.1, -0.05) is 29.8 Å². The molecule has 1 amide bonds. The normalized spacial score (nSPS) is 18.0. The molecule has 1 aromatic rings. The van der Waals surface area contributed by atoms with Crippen LogP contribution >= 0.6 is 0 Å². The number of nitrogens with one attached hydrogen (secondary N) is 1. The highest BCUT2D eigenvalue weighted by Gasteiger charge is 2.20. The Balaban J connectivity index is 1.84. The fourth-order valence-electron chi connectivity index (χ4n) is 2.61. The molecule has 1 fully saturated rings. The van der Waals surface area contributed by atoms with Crippen LogP contribution in [0.3, 0.4) is 0 Å². The zero-order valence-corrected chi connectivity index (χ0v) is 15.1. The van der Waals surface area contributed by atoms with E-state index >= 15 is 0 Å². The number of hydrogen-bond acceptors (Lipinski definition) is 4. The van der Waals surface area contributed by atoms with Crippen molar-refractivity contribution in [1.82, 2.24) is 9.62 Å². The molecule has 0 aromatic heterocycles. The topological polar surface area (TPSA) is 75.7 Å². The number of ether oxygens (including phenoxy) is 1. The Labute approximate surface area is 144 Å². The summed E-state index contributed by atoms with van der Waals surface area (Å²) in [6.07, 6.45) is 3.40. The van der Waals surface area contributed by atoms with E-state index in [1.165, 1.54) is 10.6 Å². The highest BCUT2D eigenvalue weighted by Crippen LogP contribution is 2.12. The first-order valence-electron chi connectivity index (χ1n) is 8.23. The monoisotopic (exact) mass is 354 g/mol. The average Bonchev–Trinajstić information content (AvgIpc) is 3.03. The fourth-order valence-corrected chi connectivity index (χ4v) is 3.41. The smallest absolute Gasteiger partial charge is 0.221 e. The van der Waals surface area contributed by atoms with E-state index in [1.807, 2.05) is 31.2 Å². The minimum atomic E-state index is -3.37. The van der Waals surface area contributed by atoms with Gasteiger partial charge in [-0.05, 0) is 25.3 Å². The minimum absolute atomic E-state index is 0.0903. The highest BCUT2D eigenvalue weighted by atomic mass is 32.2. The number of aryl methyl sites for hydroxylation is 1. The summed E-state index contributed by atoms with van der Waals surface area (Å²) in [7, 11) is -3.37. The molecule has 0 bridgehead atoms. The van der Waals surface area contributed by atoms with Crippen molar-refractivity contribution in [3.63, 3.8) is 0 Å². The van der Waals surface area contributed by atoms with Gasteiger partial charge in [0.2, 0.25) is 15.9 Å². The van der Waals surface area contributed by atoms with E-state index in [0.717, 1.165) is 30.6 Å². The summed E-state index contributed by atoms with van der Waals surface area (Å²) in [5.74, 6) is -0.150. The van der Waals surface area contributed by atoms with Crippen molar-refractivity contribution in [3.8, 4) is 0 Å². The molecule has 0 spiro atoms. The van der Waals surface area contributed by atoms with E-state index in [-0.39, 0.29) is 31.5 Å². The molecule has 6 nitrogen and oxygen atoms in total. The van der Waals surface area contributed by atoms with Crippen molar-refractivity contribution < 1.29 is 17.9 Å². The lowest BCUT2D eigenvalue weighted by atomic mass is 10.1. The number of sulfonamides is 1. The van der Waals surface area contributed by atoms with Gasteiger partial charge in [0.05, 0.1) is 12.4 Å². The van der Waals surface area contributed by atoms with Crippen LogP contribution < -0.4 is 5.32 Å². The van der Waals surface area contributed by atoms with E-state index in [4.69, 9.17) is 4.74 Å². The molecule has 0 aliphatic carbocycles. The van der Waals surface area contributed by atoms with Gasteiger partial charge in [0.25, 0.3) is 0 Å². The van der Waals surface area contributed by atoms with Crippen LogP contribution in [0.1, 0.15) is 30.4 Å². The lowest BCUT2D eigenvalue weighted by Crippen LogP contribution is -2.36. The summed E-state index contributed by atoms with van der Waals surface area (Å²) in [5.41, 5.74) is 2.03. The van der Waals surface area contributed by atoms with Crippen LogP contribution in [0.2, 0.25) is 0 Å². The molecular weight excluding hydrogens is 328 g/mol. The quantitative estimate of drug-likeness (QED) is 0.766. The third-order valence-electron chi connectivity index (χ3n) is 4.09. The van der Waals surface area contributed by atoms with Crippen LogP contribution in [0.25, 0.3) is 0 Å². The van der Waals surface area contributed by atoms with Gasteiger partial charge in [0.15, 0.2) is 0 Å². The van der Waals surface area contributed by atoms with Crippen molar-refractivity contribution >= 4 is 15.9 Å². The molecule has 1 unspecified atom stereocenters. The van der Waals surface area contributed by atoms with Gasteiger partial charge in [-0.2, -0.15) is 4.31 Å². The second-order valence-electron chi connectivity index (χ2n) is 6.27. The van der Waals surface area contributed by atoms with E-state index in [9.17, 15) is 13.2 Å². The first kappa shape index (κ1) is 18.9. The van der Waals surface area contributed by atoms with Crippen molar-refractivity contribution in [1.29, 1.82) is 0 Å². The number of carbonyl (C=O) groups is 1. The summed E-state index contributed by atoms with van der Waals surface area (Å²) < 4.78 is 30.7. The number of amides is 1. The number of hydrogen-bond donors (Lipinski definition) is 1. The molecule has 2 rings (SSSR count). The maximum atomic E-state index is 12.0. The van der Waals surface area contributed by atoms with Gasteiger partial charge in [0, 0.05) is 32.7 Å². The standard InChI is InChI=1S/C17H26N2O4S/c1-14-5-7-15(8-6-14)13-19(24(2,21)22)10-9-17(20)18-12-16-4-3-11-23-16/h5-8,16H,3-4,9-13H2,1-2H3,(H,18,20). The Morgan fingerprint density at radius 3 is 2.62 bits per heavy atom. The second-order valence-corrected chi connectivity index (χ2v) is 8.25. The summed E-state index contributed by atoms with van der Waals surface area (Å²) in [4.78, 5) is 11.9. The van der Waals surface area contributed by atoms with E-state index in [0.29, 0.717) is 6.54 Å². The van der Waals surface area contributed by atoms with Gasteiger partial charge in [-0.15, -0.1) is 0 Å². The Bertz CT molecular complexity index is 637. The molecular formula is C17H26N2O4S. The Kier molecular flexibility index (Phi) is 6.77. The van der Waals surface area contributed by atoms with Crippen LogP contribution in [0.15, 0.2) is 24.3 Å². The summed E-state index contributed by atoms with van der Waals surface area (Å²) in [6, 6.07) is 7.71.